The van der Waals surface area contributed by atoms with Crippen LogP contribution >= 0.6 is 0 Å². The number of rotatable bonds is 6. The summed E-state index contributed by atoms with van der Waals surface area (Å²) in [6.07, 6.45) is 0.0613. The number of nitrogens with zero attached hydrogens (tertiary/aromatic N) is 1. The van der Waals surface area contributed by atoms with Crippen molar-refractivity contribution in [2.75, 3.05) is 18.5 Å². The normalized spacial score (nSPS) is 18.1. The van der Waals surface area contributed by atoms with E-state index in [-0.39, 0.29) is 42.8 Å². The van der Waals surface area contributed by atoms with Crippen LogP contribution in [0.15, 0.2) is 36.4 Å². The first-order valence-electron chi connectivity index (χ1n) is 9.84. The van der Waals surface area contributed by atoms with Gasteiger partial charge in [-0.25, -0.2) is 4.39 Å². The summed E-state index contributed by atoms with van der Waals surface area (Å²) in [4.78, 5) is 49.8. The van der Waals surface area contributed by atoms with Gasteiger partial charge >= 0.3 is 0 Å². The number of para-hydroxylation sites is 1. The van der Waals surface area contributed by atoms with Gasteiger partial charge in [-0.2, -0.15) is 0 Å². The summed E-state index contributed by atoms with van der Waals surface area (Å²) in [5, 5.41) is 5.00. The fourth-order valence-corrected chi connectivity index (χ4v) is 3.69. The second-order valence-electron chi connectivity index (χ2n) is 7.37. The van der Waals surface area contributed by atoms with Gasteiger partial charge in [-0.3, -0.25) is 29.4 Å². The molecule has 2 N–H and O–H groups in total. The van der Waals surface area contributed by atoms with Crippen molar-refractivity contribution in [3.05, 3.63) is 58.9 Å². The van der Waals surface area contributed by atoms with Gasteiger partial charge < -0.3 is 10.1 Å². The Balaban J connectivity index is 1.46. The van der Waals surface area contributed by atoms with Crippen LogP contribution in [0.4, 0.5) is 10.1 Å². The van der Waals surface area contributed by atoms with E-state index in [2.05, 4.69) is 10.6 Å². The van der Waals surface area contributed by atoms with Crippen molar-refractivity contribution in [1.29, 1.82) is 0 Å². The van der Waals surface area contributed by atoms with Crippen molar-refractivity contribution < 1.29 is 28.3 Å². The maximum Gasteiger partial charge on any atom is 0.262 e. The molecule has 2 aliphatic heterocycles. The van der Waals surface area contributed by atoms with Crippen LogP contribution in [-0.4, -0.2) is 47.7 Å². The molecule has 1 saturated heterocycles. The fourth-order valence-electron chi connectivity index (χ4n) is 3.69. The van der Waals surface area contributed by atoms with Crippen LogP contribution in [0.2, 0.25) is 0 Å². The molecule has 2 aliphatic rings. The lowest BCUT2D eigenvalue weighted by atomic mass is 10.0. The van der Waals surface area contributed by atoms with Gasteiger partial charge in [0.15, 0.2) is 0 Å². The minimum Gasteiger partial charge on any atom is -0.491 e. The number of imide groups is 2. The number of halogens is 1. The summed E-state index contributed by atoms with van der Waals surface area (Å²) in [7, 11) is 0. The summed E-state index contributed by atoms with van der Waals surface area (Å²) in [5.41, 5.74) is 0.939. The van der Waals surface area contributed by atoms with Crippen molar-refractivity contribution in [1.82, 2.24) is 10.2 Å². The molecule has 1 unspecified atom stereocenters. The Kier molecular flexibility index (Phi) is 5.41. The van der Waals surface area contributed by atoms with Crippen molar-refractivity contribution in [3.63, 3.8) is 0 Å². The van der Waals surface area contributed by atoms with Gasteiger partial charge in [-0.05, 0) is 37.1 Å². The number of nitrogens with one attached hydrogen (secondary N) is 2. The number of hydrogen-bond donors (Lipinski definition) is 2. The van der Waals surface area contributed by atoms with Gasteiger partial charge in [0.25, 0.3) is 11.8 Å². The number of fused-ring (bicyclic) bond motifs is 1. The highest BCUT2D eigenvalue weighted by atomic mass is 19.1. The summed E-state index contributed by atoms with van der Waals surface area (Å²) < 4.78 is 20.2. The molecule has 4 amide bonds. The lowest BCUT2D eigenvalue weighted by Gasteiger charge is -2.27. The average Bonchev–Trinajstić information content (AvgIpc) is 2.96. The highest BCUT2D eigenvalue weighted by Crippen LogP contribution is 2.31. The minimum atomic E-state index is -1.09. The molecule has 9 heteroatoms. The van der Waals surface area contributed by atoms with Crippen LogP contribution in [-0.2, 0) is 9.59 Å². The second-order valence-corrected chi connectivity index (χ2v) is 7.37. The molecule has 8 nitrogen and oxygen atoms in total. The molecule has 1 atom stereocenters. The van der Waals surface area contributed by atoms with E-state index < -0.39 is 35.5 Å². The van der Waals surface area contributed by atoms with Gasteiger partial charge in [-0.15, -0.1) is 0 Å². The summed E-state index contributed by atoms with van der Waals surface area (Å²) in [6.45, 7) is 2.44. The number of aryl methyl sites for hydroxylation is 1. The zero-order valence-electron chi connectivity index (χ0n) is 16.7. The Morgan fingerprint density at radius 3 is 2.55 bits per heavy atom. The molecule has 2 aromatic carbocycles. The number of hydrogen-bond acceptors (Lipinski definition) is 6. The van der Waals surface area contributed by atoms with Crippen LogP contribution < -0.4 is 15.4 Å². The van der Waals surface area contributed by atoms with Crippen LogP contribution in [0.3, 0.4) is 0 Å². The Morgan fingerprint density at radius 1 is 1.13 bits per heavy atom. The molecule has 0 saturated carbocycles. The molecule has 4 rings (SSSR count). The number of carbonyl (C=O) groups excluding carboxylic acids is 4. The third kappa shape index (κ3) is 3.86. The molecular weight excluding hydrogens is 405 g/mol. The van der Waals surface area contributed by atoms with Crippen LogP contribution in [0.25, 0.3) is 0 Å². The topological polar surface area (TPSA) is 105 Å². The first-order valence-corrected chi connectivity index (χ1v) is 9.84. The first kappa shape index (κ1) is 20.5. The van der Waals surface area contributed by atoms with E-state index in [1.54, 1.807) is 0 Å². The molecule has 2 heterocycles. The van der Waals surface area contributed by atoms with Gasteiger partial charge in [0.2, 0.25) is 11.8 Å². The van der Waals surface area contributed by atoms with Crippen molar-refractivity contribution in [2.24, 2.45) is 0 Å². The predicted molar refractivity (Wildman–Crippen MR) is 108 cm³/mol. The molecular formula is C22H20FN3O5. The Morgan fingerprint density at radius 2 is 1.84 bits per heavy atom. The molecule has 2 aromatic rings. The SMILES string of the molecule is Cc1ccccc1OCCNc1cc2c(cc1F)C(=O)N(C1CCC(=O)NC1=O)C2=O. The number of benzene rings is 2. The molecule has 0 aliphatic carbocycles. The summed E-state index contributed by atoms with van der Waals surface area (Å²) in [5.74, 6) is -2.57. The minimum absolute atomic E-state index is 0.0124. The number of piperidine rings is 1. The van der Waals surface area contributed by atoms with Gasteiger partial charge in [0.1, 0.15) is 24.2 Å². The monoisotopic (exact) mass is 425 g/mol. The number of ether oxygens (including phenoxy) is 1. The number of amides is 4. The largest absolute Gasteiger partial charge is 0.491 e. The Labute approximate surface area is 177 Å². The highest BCUT2D eigenvalue weighted by Gasteiger charge is 2.45. The quantitative estimate of drug-likeness (QED) is 0.542. The van der Waals surface area contributed by atoms with Crippen molar-refractivity contribution in [3.8, 4) is 5.75 Å². The zero-order valence-corrected chi connectivity index (χ0v) is 16.7. The van der Waals surface area contributed by atoms with E-state index >= 15 is 0 Å². The van der Waals surface area contributed by atoms with Crippen LogP contribution in [0, 0.1) is 12.7 Å². The average molecular weight is 425 g/mol. The number of carbonyl (C=O) groups is 4. The van der Waals surface area contributed by atoms with Crippen LogP contribution in [0.5, 0.6) is 5.75 Å². The molecule has 0 bridgehead atoms. The molecule has 0 aromatic heterocycles. The predicted octanol–water partition coefficient (Wildman–Crippen LogP) is 2.03. The summed E-state index contributed by atoms with van der Waals surface area (Å²) >= 11 is 0. The van der Waals surface area contributed by atoms with E-state index in [1.165, 1.54) is 6.07 Å². The zero-order chi connectivity index (χ0) is 22.1. The third-order valence-corrected chi connectivity index (χ3v) is 5.30. The third-order valence-electron chi connectivity index (χ3n) is 5.30. The lowest BCUT2D eigenvalue weighted by molar-refractivity contribution is -0.136. The van der Waals surface area contributed by atoms with E-state index in [0.29, 0.717) is 0 Å². The first-order chi connectivity index (χ1) is 14.9. The molecule has 31 heavy (non-hydrogen) atoms. The van der Waals surface area contributed by atoms with Crippen molar-refractivity contribution in [2.45, 2.75) is 25.8 Å². The fraction of sp³-hybridized carbons (Fsp3) is 0.273. The maximum absolute atomic E-state index is 14.5. The van der Waals surface area contributed by atoms with Crippen LogP contribution in [0.1, 0.15) is 39.1 Å². The standard InChI is InChI=1S/C22H20FN3O5/c1-12-4-2-3-5-18(12)31-9-8-24-16-11-14-13(10-15(16)23)21(29)26(22(14)30)17-6-7-19(27)25-20(17)28/h2-5,10-11,17,24H,6-9H2,1H3,(H,25,27,28). The van der Waals surface area contributed by atoms with E-state index in [9.17, 15) is 23.6 Å². The smallest absolute Gasteiger partial charge is 0.262 e. The summed E-state index contributed by atoms with van der Waals surface area (Å²) in [6, 6.07) is 8.67. The van der Waals surface area contributed by atoms with Gasteiger partial charge in [0.05, 0.1) is 16.8 Å². The van der Waals surface area contributed by atoms with E-state index in [4.69, 9.17) is 4.74 Å². The second kappa shape index (κ2) is 8.17. The number of anilines is 1. The maximum atomic E-state index is 14.5. The van der Waals surface area contributed by atoms with Gasteiger partial charge in [-0.1, -0.05) is 18.2 Å². The molecule has 0 spiro atoms. The molecule has 0 radical (unpaired) electrons. The van der Waals surface area contributed by atoms with E-state index in [1.807, 2.05) is 31.2 Å². The highest BCUT2D eigenvalue weighted by molar-refractivity contribution is 6.23. The van der Waals surface area contributed by atoms with Gasteiger partial charge in [0, 0.05) is 13.0 Å². The van der Waals surface area contributed by atoms with Crippen molar-refractivity contribution >= 4 is 29.3 Å². The molecule has 160 valence electrons. The Bertz CT molecular complexity index is 1100. The lowest BCUT2D eigenvalue weighted by Crippen LogP contribution is -2.54. The Hall–Kier alpha value is -3.75. The van der Waals surface area contributed by atoms with E-state index in [0.717, 1.165) is 22.3 Å². The molecule has 1 fully saturated rings.